The van der Waals surface area contributed by atoms with Crippen molar-refractivity contribution in [1.82, 2.24) is 9.47 Å². The molecule has 2 heterocycles. The fourth-order valence-corrected chi connectivity index (χ4v) is 5.51. The zero-order valence-corrected chi connectivity index (χ0v) is 21.8. The van der Waals surface area contributed by atoms with Crippen LogP contribution in [0.3, 0.4) is 0 Å². The first-order chi connectivity index (χ1) is 16.9. The van der Waals surface area contributed by atoms with Gasteiger partial charge in [-0.05, 0) is 99.8 Å². The second-order valence-corrected chi connectivity index (χ2v) is 9.77. The van der Waals surface area contributed by atoms with Crippen LogP contribution in [0.4, 0.5) is 10.5 Å². The quantitative estimate of drug-likeness (QED) is 0.319. The van der Waals surface area contributed by atoms with Gasteiger partial charge in [0.05, 0.1) is 4.91 Å². The van der Waals surface area contributed by atoms with Crippen molar-refractivity contribution in [1.29, 1.82) is 0 Å². The number of carbonyl (C=O) groups is 2. The third-order valence-electron chi connectivity index (χ3n) is 6.56. The molecule has 0 saturated carbocycles. The molecule has 0 atom stereocenters. The molecule has 1 aliphatic rings. The minimum atomic E-state index is -0.193. The number of hydrogen-bond acceptors (Lipinski definition) is 4. The summed E-state index contributed by atoms with van der Waals surface area (Å²) in [5.41, 5.74) is 6.62. The monoisotopic (exact) mass is 487 g/mol. The van der Waals surface area contributed by atoms with Gasteiger partial charge in [0.1, 0.15) is 0 Å². The highest BCUT2D eigenvalue weighted by atomic mass is 32.2. The molecule has 0 radical (unpaired) electrons. The fraction of sp³-hybridized carbons (Fsp3) is 0.310. The summed E-state index contributed by atoms with van der Waals surface area (Å²) in [5.74, 6) is -0.193. The van der Waals surface area contributed by atoms with Crippen LogP contribution in [0.5, 0.6) is 0 Å². The average molecular weight is 488 g/mol. The molecule has 3 aromatic rings. The van der Waals surface area contributed by atoms with Gasteiger partial charge in [0.15, 0.2) is 0 Å². The van der Waals surface area contributed by atoms with Gasteiger partial charge in [-0.2, -0.15) is 0 Å². The lowest BCUT2D eigenvalue weighted by molar-refractivity contribution is -0.122. The fourth-order valence-electron chi connectivity index (χ4n) is 4.65. The van der Waals surface area contributed by atoms with E-state index in [2.05, 4.69) is 79.6 Å². The zero-order valence-electron chi connectivity index (χ0n) is 21.0. The van der Waals surface area contributed by atoms with E-state index in [9.17, 15) is 9.59 Å². The summed E-state index contributed by atoms with van der Waals surface area (Å²) in [6.45, 7) is 10.8. The van der Waals surface area contributed by atoms with Gasteiger partial charge in [0.25, 0.3) is 11.1 Å². The topological polar surface area (TPSA) is 45.6 Å². The Bertz CT molecular complexity index is 1220. The molecule has 35 heavy (non-hydrogen) atoms. The van der Waals surface area contributed by atoms with E-state index >= 15 is 0 Å². The highest BCUT2D eigenvalue weighted by Gasteiger charge is 2.34. The van der Waals surface area contributed by atoms with Crippen LogP contribution in [-0.2, 0) is 11.2 Å². The van der Waals surface area contributed by atoms with E-state index < -0.39 is 0 Å². The van der Waals surface area contributed by atoms with Crippen LogP contribution in [0.1, 0.15) is 42.8 Å². The minimum Gasteiger partial charge on any atom is -0.372 e. The summed E-state index contributed by atoms with van der Waals surface area (Å²) in [5, 5.41) is -0.185. The van der Waals surface area contributed by atoms with Crippen LogP contribution in [0.25, 0.3) is 11.8 Å². The van der Waals surface area contributed by atoms with Gasteiger partial charge in [-0.1, -0.05) is 30.3 Å². The van der Waals surface area contributed by atoms with Gasteiger partial charge in [-0.3, -0.25) is 14.5 Å². The predicted octanol–water partition coefficient (Wildman–Crippen LogP) is 6.61. The molecule has 2 aromatic carbocycles. The third-order valence-corrected chi connectivity index (χ3v) is 7.46. The summed E-state index contributed by atoms with van der Waals surface area (Å²) in [6.07, 6.45) is 3.47. The number of nitrogens with zero attached hydrogens (tertiary/aromatic N) is 3. The van der Waals surface area contributed by atoms with Gasteiger partial charge in [-0.25, -0.2) is 0 Å². The molecule has 182 valence electrons. The number of aryl methyl sites for hydroxylation is 2. The average Bonchev–Trinajstić information content (AvgIpc) is 3.29. The first-order valence-electron chi connectivity index (χ1n) is 12.3. The highest BCUT2D eigenvalue weighted by Crippen LogP contribution is 2.34. The van der Waals surface area contributed by atoms with Crippen LogP contribution in [0.2, 0.25) is 0 Å². The Morgan fingerprint density at radius 1 is 0.943 bits per heavy atom. The molecule has 0 unspecified atom stereocenters. The molecule has 1 saturated heterocycles. The van der Waals surface area contributed by atoms with Crippen LogP contribution < -0.4 is 4.90 Å². The van der Waals surface area contributed by atoms with E-state index in [0.717, 1.165) is 60.3 Å². The number of aromatic nitrogens is 1. The first kappa shape index (κ1) is 24.9. The molecule has 5 nitrogen and oxygen atoms in total. The number of benzene rings is 2. The van der Waals surface area contributed by atoms with Gasteiger partial charge in [-0.15, -0.1) is 0 Å². The predicted molar refractivity (Wildman–Crippen MR) is 146 cm³/mol. The normalized spacial score (nSPS) is 14.9. The number of hydrogen-bond donors (Lipinski definition) is 0. The smallest absolute Gasteiger partial charge is 0.293 e. The molecule has 6 heteroatoms. The summed E-state index contributed by atoms with van der Waals surface area (Å²) >= 11 is 1.04. The lowest BCUT2D eigenvalue weighted by atomic mass is 10.1. The Morgan fingerprint density at radius 2 is 1.63 bits per heavy atom. The number of thioether (sulfide) groups is 1. The number of anilines is 1. The molecule has 2 amide bonds. The maximum atomic E-state index is 13.0. The zero-order chi connectivity index (χ0) is 24.9. The summed E-state index contributed by atoms with van der Waals surface area (Å²) in [4.78, 5) is 29.8. The van der Waals surface area contributed by atoms with Crippen molar-refractivity contribution in [3.05, 3.63) is 88.1 Å². The van der Waals surface area contributed by atoms with Gasteiger partial charge < -0.3 is 9.47 Å². The SMILES string of the molecule is CCN(CC)c1ccc(-n2c(C)cc(/C=C3/SC(=O)N(CCCc4ccccc4)C3=O)c2C)cc1. The lowest BCUT2D eigenvalue weighted by Gasteiger charge is -2.21. The second kappa shape index (κ2) is 11.0. The van der Waals surface area contributed by atoms with Gasteiger partial charge >= 0.3 is 0 Å². The van der Waals surface area contributed by atoms with Crippen molar-refractivity contribution in [2.24, 2.45) is 0 Å². The molecular weight excluding hydrogens is 454 g/mol. The highest BCUT2D eigenvalue weighted by molar-refractivity contribution is 8.18. The lowest BCUT2D eigenvalue weighted by Crippen LogP contribution is -2.29. The van der Waals surface area contributed by atoms with Crippen molar-refractivity contribution < 1.29 is 9.59 Å². The molecule has 1 aromatic heterocycles. The third kappa shape index (κ3) is 5.38. The van der Waals surface area contributed by atoms with Crippen LogP contribution in [0, 0.1) is 13.8 Å². The molecule has 0 N–H and O–H groups in total. The van der Waals surface area contributed by atoms with Crippen LogP contribution in [-0.4, -0.2) is 40.2 Å². The molecule has 0 spiro atoms. The molecule has 1 fully saturated rings. The van der Waals surface area contributed by atoms with E-state index in [-0.39, 0.29) is 11.1 Å². The maximum Gasteiger partial charge on any atom is 0.293 e. The molecule has 1 aliphatic heterocycles. The van der Waals surface area contributed by atoms with Crippen LogP contribution in [0.15, 0.2) is 65.6 Å². The number of amides is 2. The summed E-state index contributed by atoms with van der Waals surface area (Å²) in [7, 11) is 0. The van der Waals surface area contributed by atoms with Gasteiger partial charge in [0.2, 0.25) is 0 Å². The van der Waals surface area contributed by atoms with Crippen molar-refractivity contribution in [2.75, 3.05) is 24.5 Å². The molecular formula is C29H33N3O2S. The molecule has 0 aliphatic carbocycles. The Labute approximate surface area is 212 Å². The largest absolute Gasteiger partial charge is 0.372 e. The number of imide groups is 1. The van der Waals surface area contributed by atoms with Crippen molar-refractivity contribution in [3.63, 3.8) is 0 Å². The number of carbonyl (C=O) groups excluding carboxylic acids is 2. The van der Waals surface area contributed by atoms with Gasteiger partial charge in [0, 0.05) is 42.4 Å². The number of rotatable bonds is 9. The van der Waals surface area contributed by atoms with Crippen LogP contribution >= 0.6 is 11.8 Å². The Balaban J connectivity index is 1.49. The standard InChI is InChI=1S/C29H33N3O2S/c1-5-30(6-2)25-14-16-26(17-15-25)32-21(3)19-24(22(32)4)20-27-28(33)31(29(34)35-27)18-10-13-23-11-8-7-9-12-23/h7-9,11-12,14-17,19-20H,5-6,10,13,18H2,1-4H3/b27-20+. The summed E-state index contributed by atoms with van der Waals surface area (Å²) < 4.78 is 2.20. The Morgan fingerprint density at radius 3 is 2.29 bits per heavy atom. The minimum absolute atomic E-state index is 0.185. The molecule has 0 bridgehead atoms. The molecule has 4 rings (SSSR count). The van der Waals surface area contributed by atoms with E-state index in [4.69, 9.17) is 0 Å². The van der Waals surface area contributed by atoms with Crippen molar-refractivity contribution in [3.8, 4) is 5.69 Å². The second-order valence-electron chi connectivity index (χ2n) is 8.77. The van der Waals surface area contributed by atoms with E-state index in [1.54, 1.807) is 0 Å². The Hall–Kier alpha value is -3.25. The first-order valence-corrected chi connectivity index (χ1v) is 13.1. The Kier molecular flexibility index (Phi) is 7.81. The van der Waals surface area contributed by atoms with Crippen molar-refractivity contribution >= 4 is 34.7 Å². The van der Waals surface area contributed by atoms with E-state index in [0.29, 0.717) is 11.4 Å². The maximum absolute atomic E-state index is 13.0. The van der Waals surface area contributed by atoms with E-state index in [1.807, 2.05) is 24.3 Å². The van der Waals surface area contributed by atoms with Crippen molar-refractivity contribution in [2.45, 2.75) is 40.5 Å². The summed E-state index contributed by atoms with van der Waals surface area (Å²) in [6, 6.07) is 20.8. The van der Waals surface area contributed by atoms with E-state index in [1.165, 1.54) is 16.2 Å².